The monoisotopic (exact) mass is 381 g/mol. The van der Waals surface area contributed by atoms with Gasteiger partial charge in [0.25, 0.3) is 0 Å². The molecule has 2 amide bonds. The quantitative estimate of drug-likeness (QED) is 0.716. The lowest BCUT2D eigenvalue weighted by atomic mass is 9.88. The lowest BCUT2D eigenvalue weighted by molar-refractivity contribution is -0.0146. The van der Waals surface area contributed by atoms with Crippen LogP contribution in [0.25, 0.3) is 0 Å². The first-order valence-electron chi connectivity index (χ1n) is 9.87. The Morgan fingerprint density at radius 1 is 1.15 bits per heavy atom. The number of urea groups is 1. The maximum Gasteiger partial charge on any atom is 0.324 e. The van der Waals surface area contributed by atoms with Gasteiger partial charge in [0, 0.05) is 30.8 Å². The van der Waals surface area contributed by atoms with Crippen LogP contribution in [0.1, 0.15) is 57.8 Å². The number of hydrogen-bond acceptors (Lipinski definition) is 5. The Kier molecular flexibility index (Phi) is 7.70. The number of carbonyl (C=O) groups excluding carboxylic acids is 1. The maximum atomic E-state index is 13.0. The molecule has 2 saturated carbocycles. The van der Waals surface area contributed by atoms with Gasteiger partial charge in [0.05, 0.1) is 19.3 Å². The average molecular weight is 382 g/mol. The molecule has 0 bridgehead atoms. The van der Waals surface area contributed by atoms with E-state index in [4.69, 9.17) is 9.47 Å². The van der Waals surface area contributed by atoms with Crippen LogP contribution < -0.4 is 5.32 Å². The van der Waals surface area contributed by atoms with Gasteiger partial charge in [-0.3, -0.25) is 5.32 Å². The summed E-state index contributed by atoms with van der Waals surface area (Å²) in [6.45, 7) is 1.30. The Bertz CT molecular complexity index is 526. The van der Waals surface area contributed by atoms with E-state index in [0.29, 0.717) is 36.5 Å². The summed E-state index contributed by atoms with van der Waals surface area (Å²) in [5.74, 6) is 0. The van der Waals surface area contributed by atoms with Gasteiger partial charge in [-0.1, -0.05) is 19.3 Å². The van der Waals surface area contributed by atoms with Crippen molar-refractivity contribution in [3.63, 3.8) is 0 Å². The molecule has 0 spiro atoms. The first-order chi connectivity index (χ1) is 12.8. The van der Waals surface area contributed by atoms with E-state index in [1.807, 2.05) is 5.38 Å². The zero-order valence-corrected chi connectivity index (χ0v) is 16.5. The normalized spacial score (nSPS) is 24.3. The third-order valence-electron chi connectivity index (χ3n) is 5.53. The smallest absolute Gasteiger partial charge is 0.324 e. The number of nitrogens with one attached hydrogen (secondary N) is 1. The van der Waals surface area contributed by atoms with Crippen molar-refractivity contribution in [2.24, 2.45) is 0 Å². The van der Waals surface area contributed by atoms with Crippen LogP contribution in [-0.2, 0) is 9.47 Å². The van der Waals surface area contributed by atoms with Gasteiger partial charge in [-0.2, -0.15) is 0 Å². The van der Waals surface area contributed by atoms with Crippen molar-refractivity contribution in [2.45, 2.75) is 76.0 Å². The van der Waals surface area contributed by atoms with Gasteiger partial charge in [-0.15, -0.1) is 11.3 Å². The van der Waals surface area contributed by atoms with E-state index in [-0.39, 0.29) is 6.03 Å². The summed E-state index contributed by atoms with van der Waals surface area (Å²) in [5.41, 5.74) is 0. The molecular weight excluding hydrogens is 350 g/mol. The van der Waals surface area contributed by atoms with Crippen molar-refractivity contribution >= 4 is 22.5 Å². The molecule has 1 heterocycles. The minimum absolute atomic E-state index is 0.0237. The van der Waals surface area contributed by atoms with Crippen LogP contribution in [0.3, 0.4) is 0 Å². The standard InChI is InChI=1S/C19H31N3O3S/c1-24-12-13-25-17-9-7-16(8-10-17)22(15-5-3-2-4-6-15)19(23)21-18-20-11-14-26-18/h11,14-17H,2-10,12-13H2,1H3,(H,20,21,23). The van der Waals surface area contributed by atoms with Gasteiger partial charge in [0.15, 0.2) is 5.13 Å². The molecule has 2 fully saturated rings. The van der Waals surface area contributed by atoms with Gasteiger partial charge in [0.1, 0.15) is 0 Å². The number of ether oxygens (including phenoxy) is 2. The molecule has 7 heteroatoms. The van der Waals surface area contributed by atoms with Crippen molar-refractivity contribution in [3.8, 4) is 0 Å². The minimum atomic E-state index is 0.0237. The Hall–Kier alpha value is -1.18. The lowest BCUT2D eigenvalue weighted by Gasteiger charge is -2.42. The van der Waals surface area contributed by atoms with Crippen LogP contribution in [0.15, 0.2) is 11.6 Å². The SMILES string of the molecule is COCCOC1CCC(N(C(=O)Nc2nccs2)C2CCCCC2)CC1. The molecule has 2 aliphatic rings. The van der Waals surface area contributed by atoms with Crippen molar-refractivity contribution in [1.82, 2.24) is 9.88 Å². The predicted molar refractivity (Wildman–Crippen MR) is 104 cm³/mol. The van der Waals surface area contributed by atoms with Crippen LogP contribution >= 0.6 is 11.3 Å². The Morgan fingerprint density at radius 2 is 1.88 bits per heavy atom. The molecule has 0 saturated heterocycles. The Morgan fingerprint density at radius 3 is 2.54 bits per heavy atom. The van der Waals surface area contributed by atoms with Gasteiger partial charge in [-0.25, -0.2) is 9.78 Å². The second kappa shape index (κ2) is 10.2. The first kappa shape index (κ1) is 19.6. The third kappa shape index (κ3) is 5.41. The highest BCUT2D eigenvalue weighted by atomic mass is 32.1. The number of rotatable bonds is 7. The molecule has 26 heavy (non-hydrogen) atoms. The molecule has 1 aromatic rings. The van der Waals surface area contributed by atoms with Gasteiger partial charge in [0.2, 0.25) is 0 Å². The molecule has 3 rings (SSSR count). The number of anilines is 1. The molecular formula is C19H31N3O3S. The number of amides is 2. The van der Waals surface area contributed by atoms with E-state index in [1.165, 1.54) is 30.6 Å². The third-order valence-corrected chi connectivity index (χ3v) is 6.22. The van der Waals surface area contributed by atoms with Crippen LogP contribution in [-0.4, -0.2) is 54.4 Å². The summed E-state index contributed by atoms with van der Waals surface area (Å²) in [5, 5.41) is 5.60. The zero-order valence-electron chi connectivity index (χ0n) is 15.7. The minimum Gasteiger partial charge on any atom is -0.382 e. The number of methoxy groups -OCH3 is 1. The molecule has 0 atom stereocenters. The molecule has 0 aromatic carbocycles. The highest BCUT2D eigenvalue weighted by Crippen LogP contribution is 2.32. The topological polar surface area (TPSA) is 63.7 Å². The van der Waals surface area contributed by atoms with Gasteiger partial charge >= 0.3 is 6.03 Å². The summed E-state index contributed by atoms with van der Waals surface area (Å²) < 4.78 is 11.0. The molecule has 1 aromatic heterocycles. The summed E-state index contributed by atoms with van der Waals surface area (Å²) in [6.07, 6.45) is 12.1. The van der Waals surface area contributed by atoms with Gasteiger partial charge < -0.3 is 14.4 Å². The molecule has 6 nitrogen and oxygen atoms in total. The summed E-state index contributed by atoms with van der Waals surface area (Å²) in [7, 11) is 1.70. The van der Waals surface area contributed by atoms with E-state index in [2.05, 4.69) is 15.2 Å². The molecule has 0 aliphatic heterocycles. The number of nitrogens with zero attached hydrogens (tertiary/aromatic N) is 2. The van der Waals surface area contributed by atoms with Crippen LogP contribution in [0.2, 0.25) is 0 Å². The van der Waals surface area contributed by atoms with E-state index >= 15 is 0 Å². The summed E-state index contributed by atoms with van der Waals surface area (Å²) >= 11 is 1.47. The number of thiazole rings is 1. The number of carbonyl (C=O) groups is 1. The second-order valence-electron chi connectivity index (χ2n) is 7.26. The number of hydrogen-bond donors (Lipinski definition) is 1. The number of aromatic nitrogens is 1. The molecule has 0 unspecified atom stereocenters. The van der Waals surface area contributed by atoms with Crippen molar-refractivity contribution < 1.29 is 14.3 Å². The Balaban J connectivity index is 1.59. The van der Waals surface area contributed by atoms with Crippen LogP contribution in [0, 0.1) is 0 Å². The Labute approximate surface area is 160 Å². The van der Waals surface area contributed by atoms with Crippen molar-refractivity contribution in [1.29, 1.82) is 0 Å². The fraction of sp³-hybridized carbons (Fsp3) is 0.789. The molecule has 1 N–H and O–H groups in total. The highest BCUT2D eigenvalue weighted by Gasteiger charge is 2.34. The molecule has 146 valence electrons. The van der Waals surface area contributed by atoms with E-state index in [1.54, 1.807) is 13.3 Å². The summed E-state index contributed by atoms with van der Waals surface area (Å²) in [4.78, 5) is 19.4. The maximum absolute atomic E-state index is 13.0. The fourth-order valence-electron chi connectivity index (χ4n) is 4.22. The van der Waals surface area contributed by atoms with E-state index < -0.39 is 0 Å². The molecule has 0 radical (unpaired) electrons. The van der Waals surface area contributed by atoms with E-state index in [9.17, 15) is 4.79 Å². The predicted octanol–water partition coefficient (Wildman–Crippen LogP) is 4.28. The van der Waals surface area contributed by atoms with Gasteiger partial charge in [-0.05, 0) is 38.5 Å². The largest absolute Gasteiger partial charge is 0.382 e. The van der Waals surface area contributed by atoms with Crippen molar-refractivity contribution in [3.05, 3.63) is 11.6 Å². The zero-order chi connectivity index (χ0) is 18.2. The van der Waals surface area contributed by atoms with Crippen LogP contribution in [0.4, 0.5) is 9.93 Å². The first-order valence-corrected chi connectivity index (χ1v) is 10.7. The average Bonchev–Trinajstić information content (AvgIpc) is 3.17. The highest BCUT2D eigenvalue weighted by molar-refractivity contribution is 7.13. The molecule has 2 aliphatic carbocycles. The van der Waals surface area contributed by atoms with Crippen molar-refractivity contribution in [2.75, 3.05) is 25.6 Å². The van der Waals surface area contributed by atoms with Crippen LogP contribution in [0.5, 0.6) is 0 Å². The van der Waals surface area contributed by atoms with E-state index in [0.717, 1.165) is 38.5 Å². The lowest BCUT2D eigenvalue weighted by Crippen LogP contribution is -2.51. The second-order valence-corrected chi connectivity index (χ2v) is 8.16. The fourth-order valence-corrected chi connectivity index (χ4v) is 4.74. The summed E-state index contributed by atoms with van der Waals surface area (Å²) in [6, 6.07) is 0.690.